The Hall–Kier alpha value is -2.45. The van der Waals surface area contributed by atoms with Crippen molar-refractivity contribution in [3.63, 3.8) is 0 Å². The fourth-order valence-electron chi connectivity index (χ4n) is 2.08. The minimum absolute atomic E-state index is 0.136. The lowest BCUT2D eigenvalue weighted by atomic mass is 10.1. The fraction of sp³-hybridized carbons (Fsp3) is 0.143. The maximum absolute atomic E-state index is 9.43. The molecule has 98 valence electrons. The van der Waals surface area contributed by atoms with Crippen molar-refractivity contribution in [1.29, 1.82) is 5.26 Å². The molecule has 2 aromatic heterocycles. The summed E-state index contributed by atoms with van der Waals surface area (Å²) in [7, 11) is 0. The van der Waals surface area contributed by atoms with Gasteiger partial charge in [-0.05, 0) is 36.7 Å². The second-order valence-corrected chi connectivity index (χ2v) is 4.74. The number of imidazole rings is 1. The lowest BCUT2D eigenvalue weighted by Gasteiger charge is -2.06. The van der Waals surface area contributed by atoms with Crippen LogP contribution < -0.4 is 0 Å². The third-order valence-electron chi connectivity index (χ3n) is 2.95. The molecule has 1 atom stereocenters. The summed E-state index contributed by atoms with van der Waals surface area (Å²) in [5.41, 5.74) is 2.97. The smallest absolute Gasteiger partial charge is 0.222 e. The van der Waals surface area contributed by atoms with Crippen LogP contribution in [0, 0.1) is 18.3 Å². The molecule has 1 aromatic carbocycles. The fourth-order valence-corrected chi connectivity index (χ4v) is 2.31. The maximum Gasteiger partial charge on any atom is 0.222 e. The van der Waals surface area contributed by atoms with Gasteiger partial charge < -0.3 is 4.98 Å². The largest absolute Gasteiger partial charge is 0.341 e. The van der Waals surface area contributed by atoms with Gasteiger partial charge in [0.1, 0.15) is 11.7 Å². The summed E-state index contributed by atoms with van der Waals surface area (Å²) >= 11 is 5.86. The van der Waals surface area contributed by atoms with Crippen molar-refractivity contribution in [3.05, 3.63) is 52.8 Å². The molecule has 0 saturated heterocycles. The van der Waals surface area contributed by atoms with Crippen LogP contribution in [-0.2, 0) is 0 Å². The van der Waals surface area contributed by atoms with Crippen LogP contribution in [-0.4, -0.2) is 19.9 Å². The molecule has 0 spiro atoms. The summed E-state index contributed by atoms with van der Waals surface area (Å²) in [6.45, 7) is 1.81. The van der Waals surface area contributed by atoms with Crippen LogP contribution in [0.2, 0.25) is 5.28 Å². The van der Waals surface area contributed by atoms with E-state index in [4.69, 9.17) is 11.6 Å². The van der Waals surface area contributed by atoms with Gasteiger partial charge in [0.2, 0.25) is 5.28 Å². The molecule has 2 heterocycles. The van der Waals surface area contributed by atoms with Crippen molar-refractivity contribution in [2.24, 2.45) is 0 Å². The van der Waals surface area contributed by atoms with Crippen molar-refractivity contribution in [2.75, 3.05) is 0 Å². The molecule has 3 rings (SSSR count). The van der Waals surface area contributed by atoms with Crippen LogP contribution in [0.3, 0.4) is 0 Å². The molecule has 20 heavy (non-hydrogen) atoms. The van der Waals surface area contributed by atoms with E-state index in [2.05, 4.69) is 26.0 Å². The minimum Gasteiger partial charge on any atom is -0.341 e. The van der Waals surface area contributed by atoms with Gasteiger partial charge in [-0.1, -0.05) is 12.1 Å². The number of nitrogens with zero attached hydrogens (tertiary/aromatic N) is 4. The molecule has 1 N–H and O–H groups in total. The predicted molar refractivity (Wildman–Crippen MR) is 75.3 cm³/mol. The molecular weight excluding hydrogens is 274 g/mol. The van der Waals surface area contributed by atoms with E-state index < -0.39 is 5.92 Å². The highest BCUT2D eigenvalue weighted by Crippen LogP contribution is 2.23. The highest BCUT2D eigenvalue weighted by molar-refractivity contribution is 6.28. The normalized spacial score (nSPS) is 12.2. The number of benzene rings is 1. The quantitative estimate of drug-likeness (QED) is 0.733. The summed E-state index contributed by atoms with van der Waals surface area (Å²) in [4.78, 5) is 15.7. The number of aromatic amines is 1. The standard InChI is InChI=1S/C14H10ClN5/c1-8-6-12(20-14(15)17-8)9(7-16)13-18-10-4-2-3-5-11(10)19-13/h2-6,9H,1H3,(H,18,19)/t9-/m0/s1. The van der Waals surface area contributed by atoms with Gasteiger partial charge in [-0.2, -0.15) is 5.26 Å². The minimum atomic E-state index is -0.596. The van der Waals surface area contributed by atoms with Crippen molar-refractivity contribution in [1.82, 2.24) is 19.9 Å². The average molecular weight is 284 g/mol. The van der Waals surface area contributed by atoms with Gasteiger partial charge in [0.25, 0.3) is 0 Å². The summed E-state index contributed by atoms with van der Waals surface area (Å²) in [5, 5.41) is 9.56. The number of hydrogen-bond donors (Lipinski definition) is 1. The zero-order chi connectivity index (χ0) is 14.1. The van der Waals surface area contributed by atoms with Gasteiger partial charge in [0, 0.05) is 5.69 Å². The molecule has 0 aliphatic heterocycles. The summed E-state index contributed by atoms with van der Waals surface area (Å²) in [6.07, 6.45) is 0. The number of nitriles is 1. The molecule has 0 saturated carbocycles. The van der Waals surface area contributed by atoms with E-state index >= 15 is 0 Å². The summed E-state index contributed by atoms with van der Waals surface area (Å²) in [5.74, 6) is -0.0375. The van der Waals surface area contributed by atoms with Crippen molar-refractivity contribution >= 4 is 22.6 Å². The van der Waals surface area contributed by atoms with E-state index in [1.807, 2.05) is 31.2 Å². The maximum atomic E-state index is 9.43. The first kappa shape index (κ1) is 12.6. The summed E-state index contributed by atoms with van der Waals surface area (Å²) < 4.78 is 0. The Morgan fingerprint density at radius 2 is 2.05 bits per heavy atom. The lowest BCUT2D eigenvalue weighted by Crippen LogP contribution is -2.05. The van der Waals surface area contributed by atoms with Gasteiger partial charge in [-0.25, -0.2) is 15.0 Å². The number of H-pyrrole nitrogens is 1. The van der Waals surface area contributed by atoms with Gasteiger partial charge in [0.05, 0.1) is 22.8 Å². The number of fused-ring (bicyclic) bond motifs is 1. The second kappa shape index (κ2) is 4.91. The molecule has 0 radical (unpaired) electrons. The SMILES string of the molecule is Cc1cc([C@H](C#N)c2nc3ccccc3[nH]2)nc(Cl)n1. The highest BCUT2D eigenvalue weighted by atomic mass is 35.5. The van der Waals surface area contributed by atoms with Gasteiger partial charge in [-0.3, -0.25) is 0 Å². The Morgan fingerprint density at radius 1 is 1.25 bits per heavy atom. The molecule has 0 aliphatic carbocycles. The van der Waals surface area contributed by atoms with Crippen LogP contribution in [0.5, 0.6) is 0 Å². The topological polar surface area (TPSA) is 78.2 Å². The number of halogens is 1. The van der Waals surface area contributed by atoms with Gasteiger partial charge in [-0.15, -0.1) is 0 Å². The number of nitrogens with one attached hydrogen (secondary N) is 1. The van der Waals surface area contributed by atoms with Crippen molar-refractivity contribution in [2.45, 2.75) is 12.8 Å². The summed E-state index contributed by atoms with van der Waals surface area (Å²) in [6, 6.07) is 11.6. The van der Waals surface area contributed by atoms with E-state index in [0.717, 1.165) is 16.7 Å². The second-order valence-electron chi connectivity index (χ2n) is 4.40. The molecule has 0 fully saturated rings. The first-order chi connectivity index (χ1) is 9.67. The van der Waals surface area contributed by atoms with Gasteiger partial charge in [0.15, 0.2) is 0 Å². The number of para-hydroxylation sites is 2. The van der Waals surface area contributed by atoms with Crippen molar-refractivity contribution < 1.29 is 0 Å². The van der Waals surface area contributed by atoms with E-state index in [0.29, 0.717) is 11.5 Å². The Kier molecular flexibility index (Phi) is 3.09. The lowest BCUT2D eigenvalue weighted by molar-refractivity contribution is 0.874. The number of aromatic nitrogens is 4. The molecule has 0 amide bonds. The van der Waals surface area contributed by atoms with Crippen LogP contribution in [0.15, 0.2) is 30.3 Å². The van der Waals surface area contributed by atoms with E-state index in [9.17, 15) is 5.26 Å². The zero-order valence-corrected chi connectivity index (χ0v) is 11.4. The first-order valence-electron chi connectivity index (χ1n) is 6.02. The van der Waals surface area contributed by atoms with E-state index in [1.165, 1.54) is 0 Å². The van der Waals surface area contributed by atoms with Crippen LogP contribution in [0.4, 0.5) is 0 Å². The Morgan fingerprint density at radius 3 is 2.75 bits per heavy atom. The molecule has 0 bridgehead atoms. The number of aryl methyl sites for hydroxylation is 1. The van der Waals surface area contributed by atoms with Crippen LogP contribution >= 0.6 is 11.6 Å². The number of rotatable bonds is 2. The Bertz CT molecular complexity index is 765. The molecule has 3 aromatic rings. The van der Waals surface area contributed by atoms with Crippen LogP contribution in [0.25, 0.3) is 11.0 Å². The Labute approximate surface area is 120 Å². The molecule has 5 nitrogen and oxygen atoms in total. The van der Waals surface area contributed by atoms with E-state index in [-0.39, 0.29) is 5.28 Å². The van der Waals surface area contributed by atoms with E-state index in [1.54, 1.807) is 6.07 Å². The molecule has 6 heteroatoms. The van der Waals surface area contributed by atoms with Gasteiger partial charge >= 0.3 is 0 Å². The highest BCUT2D eigenvalue weighted by Gasteiger charge is 2.20. The van der Waals surface area contributed by atoms with Crippen molar-refractivity contribution in [3.8, 4) is 6.07 Å². The zero-order valence-electron chi connectivity index (χ0n) is 10.6. The molecule has 0 aliphatic rings. The first-order valence-corrected chi connectivity index (χ1v) is 6.40. The average Bonchev–Trinajstić information content (AvgIpc) is 2.81. The number of hydrogen-bond acceptors (Lipinski definition) is 4. The van der Waals surface area contributed by atoms with Crippen LogP contribution in [0.1, 0.15) is 23.1 Å². The molecular formula is C14H10ClN5. The third kappa shape index (κ3) is 2.22. The third-order valence-corrected chi connectivity index (χ3v) is 3.12. The Balaban J connectivity index is 2.11. The predicted octanol–water partition coefficient (Wildman–Crippen LogP) is 2.97. The molecule has 0 unspecified atom stereocenters. The monoisotopic (exact) mass is 283 g/mol.